The number of alkyl halides is 3. The molecule has 0 radical (unpaired) electrons. The Morgan fingerprint density at radius 1 is 1.31 bits per heavy atom. The lowest BCUT2D eigenvalue weighted by Crippen LogP contribution is -2.19. The third-order valence-electron chi connectivity index (χ3n) is 2.28. The van der Waals surface area contributed by atoms with Crippen LogP contribution in [0.1, 0.15) is 11.7 Å². The average molecular weight is 294 g/mol. The molecule has 0 bridgehead atoms. The zero-order valence-electron chi connectivity index (χ0n) is 7.85. The van der Waals surface area contributed by atoms with E-state index in [4.69, 9.17) is 0 Å². The molecule has 0 aliphatic rings. The predicted octanol–water partition coefficient (Wildman–Crippen LogP) is 3.53. The molecular formula is C10H7BrF3NO. The van der Waals surface area contributed by atoms with Crippen molar-refractivity contribution in [3.05, 3.63) is 34.4 Å². The van der Waals surface area contributed by atoms with Crippen LogP contribution in [0.15, 0.2) is 28.9 Å². The molecular weight excluding hydrogens is 287 g/mol. The largest absolute Gasteiger partial charge is 0.418 e. The van der Waals surface area contributed by atoms with Crippen LogP contribution >= 0.6 is 15.9 Å². The van der Waals surface area contributed by atoms with Gasteiger partial charge in [-0.2, -0.15) is 13.2 Å². The molecule has 0 unspecified atom stereocenters. The van der Waals surface area contributed by atoms with Crippen molar-refractivity contribution in [3.8, 4) is 0 Å². The lowest BCUT2D eigenvalue weighted by Gasteiger charge is -2.13. The van der Waals surface area contributed by atoms with Crippen molar-refractivity contribution in [1.82, 2.24) is 4.98 Å². The first kappa shape index (κ1) is 11.5. The SMILES string of the molecule is O[C@@H](c1c[nH]c2ccc(Br)cc12)C(F)(F)F. The number of aromatic amines is 1. The number of aliphatic hydroxyl groups is 1. The maximum absolute atomic E-state index is 12.4. The maximum atomic E-state index is 12.4. The molecule has 0 amide bonds. The highest BCUT2D eigenvalue weighted by atomic mass is 79.9. The fraction of sp³-hybridized carbons (Fsp3) is 0.200. The van der Waals surface area contributed by atoms with E-state index in [9.17, 15) is 18.3 Å². The Morgan fingerprint density at radius 3 is 2.62 bits per heavy atom. The molecule has 1 aromatic carbocycles. The molecule has 16 heavy (non-hydrogen) atoms. The number of aliphatic hydroxyl groups excluding tert-OH is 1. The summed E-state index contributed by atoms with van der Waals surface area (Å²) in [4.78, 5) is 2.69. The number of nitrogens with one attached hydrogen (secondary N) is 1. The topological polar surface area (TPSA) is 36.0 Å². The number of rotatable bonds is 1. The summed E-state index contributed by atoms with van der Waals surface area (Å²) in [6.07, 6.45) is -5.94. The lowest BCUT2D eigenvalue weighted by atomic mass is 10.1. The molecule has 0 fully saturated rings. The van der Waals surface area contributed by atoms with Crippen molar-refractivity contribution in [2.75, 3.05) is 0 Å². The summed E-state index contributed by atoms with van der Waals surface area (Å²) in [5.74, 6) is 0. The summed E-state index contributed by atoms with van der Waals surface area (Å²) in [6.45, 7) is 0. The van der Waals surface area contributed by atoms with Gasteiger partial charge in [-0.1, -0.05) is 15.9 Å². The van der Waals surface area contributed by atoms with Crippen LogP contribution in [0, 0.1) is 0 Å². The summed E-state index contributed by atoms with van der Waals surface area (Å²) >= 11 is 3.17. The van der Waals surface area contributed by atoms with E-state index in [1.165, 1.54) is 12.3 Å². The van der Waals surface area contributed by atoms with E-state index in [2.05, 4.69) is 20.9 Å². The Labute approximate surface area is 97.2 Å². The van der Waals surface area contributed by atoms with Gasteiger partial charge in [0.25, 0.3) is 0 Å². The highest BCUT2D eigenvalue weighted by Crippen LogP contribution is 2.36. The third kappa shape index (κ3) is 1.94. The lowest BCUT2D eigenvalue weighted by molar-refractivity contribution is -0.206. The monoisotopic (exact) mass is 293 g/mol. The predicted molar refractivity (Wildman–Crippen MR) is 57.0 cm³/mol. The van der Waals surface area contributed by atoms with E-state index < -0.39 is 12.3 Å². The van der Waals surface area contributed by atoms with Gasteiger partial charge >= 0.3 is 6.18 Å². The van der Waals surface area contributed by atoms with Crippen LogP contribution in [0.2, 0.25) is 0 Å². The number of H-pyrrole nitrogens is 1. The Kier molecular flexibility index (Phi) is 2.71. The van der Waals surface area contributed by atoms with Crippen LogP contribution in [0.3, 0.4) is 0 Å². The maximum Gasteiger partial charge on any atom is 0.418 e. The summed E-state index contributed by atoms with van der Waals surface area (Å²) in [7, 11) is 0. The second-order valence-corrected chi connectivity index (χ2v) is 4.29. The smallest absolute Gasteiger partial charge is 0.379 e. The summed E-state index contributed by atoms with van der Waals surface area (Å²) < 4.78 is 37.8. The molecule has 2 nitrogen and oxygen atoms in total. The van der Waals surface area contributed by atoms with Gasteiger partial charge < -0.3 is 10.1 Å². The second-order valence-electron chi connectivity index (χ2n) is 3.38. The first-order valence-electron chi connectivity index (χ1n) is 4.41. The van der Waals surface area contributed by atoms with Crippen molar-refractivity contribution in [2.45, 2.75) is 12.3 Å². The van der Waals surface area contributed by atoms with Gasteiger partial charge in [-0.3, -0.25) is 0 Å². The van der Waals surface area contributed by atoms with Gasteiger partial charge in [0, 0.05) is 27.1 Å². The first-order chi connectivity index (χ1) is 7.39. The van der Waals surface area contributed by atoms with Crippen molar-refractivity contribution in [1.29, 1.82) is 0 Å². The summed E-state index contributed by atoms with van der Waals surface area (Å²) in [5, 5.41) is 9.53. The molecule has 2 N–H and O–H groups in total. The molecule has 2 aromatic rings. The molecule has 1 aromatic heterocycles. The minimum absolute atomic E-state index is 0.163. The van der Waals surface area contributed by atoms with Crippen LogP contribution in [-0.2, 0) is 0 Å². The van der Waals surface area contributed by atoms with Gasteiger partial charge in [0.05, 0.1) is 0 Å². The van der Waals surface area contributed by atoms with E-state index >= 15 is 0 Å². The Morgan fingerprint density at radius 2 is 2.00 bits per heavy atom. The fourth-order valence-corrected chi connectivity index (χ4v) is 1.88. The number of halogens is 4. The normalized spacial score (nSPS) is 14.3. The number of aromatic nitrogens is 1. The van der Waals surface area contributed by atoms with E-state index in [-0.39, 0.29) is 5.56 Å². The summed E-state index contributed by atoms with van der Waals surface area (Å²) in [5.41, 5.74) is 0.394. The van der Waals surface area contributed by atoms with Gasteiger partial charge in [0.2, 0.25) is 0 Å². The molecule has 6 heteroatoms. The van der Waals surface area contributed by atoms with E-state index in [0.717, 1.165) is 0 Å². The van der Waals surface area contributed by atoms with Crippen LogP contribution in [-0.4, -0.2) is 16.3 Å². The van der Waals surface area contributed by atoms with Gasteiger partial charge in [-0.05, 0) is 18.2 Å². The van der Waals surface area contributed by atoms with Crippen molar-refractivity contribution < 1.29 is 18.3 Å². The third-order valence-corrected chi connectivity index (χ3v) is 2.77. The zero-order valence-corrected chi connectivity index (χ0v) is 9.43. The molecule has 0 spiro atoms. The molecule has 1 heterocycles. The van der Waals surface area contributed by atoms with E-state index in [1.807, 2.05) is 0 Å². The van der Waals surface area contributed by atoms with Crippen LogP contribution in [0.4, 0.5) is 13.2 Å². The van der Waals surface area contributed by atoms with Crippen LogP contribution < -0.4 is 0 Å². The van der Waals surface area contributed by atoms with Crippen molar-refractivity contribution in [3.63, 3.8) is 0 Å². The molecule has 0 aliphatic heterocycles. The molecule has 2 rings (SSSR count). The first-order valence-corrected chi connectivity index (χ1v) is 5.20. The highest BCUT2D eigenvalue weighted by Gasteiger charge is 2.40. The molecule has 86 valence electrons. The number of benzene rings is 1. The van der Waals surface area contributed by atoms with Crippen molar-refractivity contribution >= 4 is 26.8 Å². The van der Waals surface area contributed by atoms with E-state index in [1.54, 1.807) is 12.1 Å². The minimum Gasteiger partial charge on any atom is -0.379 e. The number of fused-ring (bicyclic) bond motifs is 1. The van der Waals surface area contributed by atoms with Gasteiger partial charge in [0.1, 0.15) is 0 Å². The highest BCUT2D eigenvalue weighted by molar-refractivity contribution is 9.10. The molecule has 0 aliphatic carbocycles. The van der Waals surface area contributed by atoms with Crippen molar-refractivity contribution in [2.24, 2.45) is 0 Å². The zero-order chi connectivity index (χ0) is 11.9. The number of hydrogen-bond acceptors (Lipinski definition) is 1. The van der Waals surface area contributed by atoms with Crippen LogP contribution in [0.5, 0.6) is 0 Å². The van der Waals surface area contributed by atoms with Gasteiger partial charge in [-0.15, -0.1) is 0 Å². The summed E-state index contributed by atoms with van der Waals surface area (Å²) in [6, 6.07) is 4.89. The minimum atomic E-state index is -4.66. The van der Waals surface area contributed by atoms with Crippen LogP contribution in [0.25, 0.3) is 10.9 Å². The Bertz CT molecular complexity index is 520. The number of hydrogen-bond donors (Lipinski definition) is 2. The fourth-order valence-electron chi connectivity index (χ4n) is 1.52. The van der Waals surface area contributed by atoms with Gasteiger partial charge in [0.15, 0.2) is 6.10 Å². The molecule has 1 atom stereocenters. The Balaban J connectivity index is 2.57. The second kappa shape index (κ2) is 3.78. The standard InChI is InChI=1S/C10H7BrF3NO/c11-5-1-2-8-6(3-5)7(4-15-8)9(16)10(12,13)14/h1-4,9,15-16H/t9-/m0/s1. The molecule has 0 saturated carbocycles. The Hall–Kier alpha value is -1.01. The molecule has 0 saturated heterocycles. The quantitative estimate of drug-likeness (QED) is 0.829. The van der Waals surface area contributed by atoms with Gasteiger partial charge in [-0.25, -0.2) is 0 Å². The van der Waals surface area contributed by atoms with E-state index in [0.29, 0.717) is 15.4 Å². The average Bonchev–Trinajstić information content (AvgIpc) is 2.57.